The molecule has 1 aromatic heterocycles. The summed E-state index contributed by atoms with van der Waals surface area (Å²) in [6, 6.07) is 13.9. The second kappa shape index (κ2) is 7.14. The van der Waals surface area contributed by atoms with Crippen LogP contribution in [0, 0.1) is 6.92 Å². The van der Waals surface area contributed by atoms with Crippen molar-refractivity contribution in [1.82, 2.24) is 14.8 Å². The smallest absolute Gasteiger partial charge is 0.253 e. The molecular formula is C21H22ClN3O. The third-order valence-electron chi connectivity index (χ3n) is 5.11. The molecule has 2 heterocycles. The van der Waals surface area contributed by atoms with E-state index in [0.717, 1.165) is 54.2 Å². The molecule has 1 saturated heterocycles. The van der Waals surface area contributed by atoms with E-state index in [0.29, 0.717) is 0 Å². The average Bonchev–Trinajstić information content (AvgIpc) is 3.04. The fourth-order valence-electron chi connectivity index (χ4n) is 3.53. The number of hydrogen-bond donors (Lipinski definition) is 1. The van der Waals surface area contributed by atoms with Crippen LogP contribution in [0.15, 0.2) is 48.7 Å². The van der Waals surface area contributed by atoms with Crippen molar-refractivity contribution in [3.63, 3.8) is 0 Å². The first-order valence-corrected chi connectivity index (χ1v) is 9.32. The van der Waals surface area contributed by atoms with E-state index in [4.69, 9.17) is 11.6 Å². The van der Waals surface area contributed by atoms with Gasteiger partial charge in [0.1, 0.15) is 0 Å². The molecule has 0 atom stereocenters. The van der Waals surface area contributed by atoms with Gasteiger partial charge in [0, 0.05) is 60.4 Å². The monoisotopic (exact) mass is 367 g/mol. The highest BCUT2D eigenvalue weighted by molar-refractivity contribution is 6.30. The van der Waals surface area contributed by atoms with Gasteiger partial charge in [-0.2, -0.15) is 0 Å². The molecule has 1 aliphatic rings. The zero-order valence-corrected chi connectivity index (χ0v) is 15.6. The van der Waals surface area contributed by atoms with Gasteiger partial charge in [-0.25, -0.2) is 0 Å². The quantitative estimate of drug-likeness (QED) is 0.757. The Morgan fingerprint density at radius 2 is 1.81 bits per heavy atom. The number of benzene rings is 2. The molecule has 0 spiro atoms. The van der Waals surface area contributed by atoms with Gasteiger partial charge in [-0.1, -0.05) is 23.7 Å². The Morgan fingerprint density at radius 1 is 1.08 bits per heavy atom. The minimum atomic E-state index is 0.124. The number of halogens is 1. The first-order valence-electron chi connectivity index (χ1n) is 8.94. The highest BCUT2D eigenvalue weighted by Gasteiger charge is 2.22. The number of piperazine rings is 1. The normalized spacial score (nSPS) is 15.5. The lowest BCUT2D eigenvalue weighted by Crippen LogP contribution is -2.48. The average molecular weight is 368 g/mol. The fourth-order valence-corrected chi connectivity index (χ4v) is 3.66. The minimum Gasteiger partial charge on any atom is -0.361 e. The van der Waals surface area contributed by atoms with Gasteiger partial charge in [-0.05, 0) is 48.4 Å². The molecule has 3 aromatic rings. The summed E-state index contributed by atoms with van der Waals surface area (Å²) in [7, 11) is 0. The lowest BCUT2D eigenvalue weighted by Gasteiger charge is -2.34. The van der Waals surface area contributed by atoms with Gasteiger partial charge in [0.05, 0.1) is 0 Å². The van der Waals surface area contributed by atoms with Crippen molar-refractivity contribution in [2.45, 2.75) is 13.5 Å². The molecule has 134 valence electrons. The molecule has 1 fully saturated rings. The molecule has 2 aromatic carbocycles. The zero-order chi connectivity index (χ0) is 18.1. The number of amides is 1. The van der Waals surface area contributed by atoms with Gasteiger partial charge in [-0.3, -0.25) is 9.69 Å². The maximum Gasteiger partial charge on any atom is 0.253 e. The van der Waals surface area contributed by atoms with E-state index in [1.807, 2.05) is 41.4 Å². The van der Waals surface area contributed by atoms with E-state index >= 15 is 0 Å². The summed E-state index contributed by atoms with van der Waals surface area (Å²) in [5, 5.41) is 1.89. The van der Waals surface area contributed by atoms with Crippen LogP contribution in [0.3, 0.4) is 0 Å². The van der Waals surface area contributed by atoms with Gasteiger partial charge in [0.2, 0.25) is 0 Å². The Hall–Kier alpha value is -2.30. The predicted octanol–water partition coefficient (Wildman–Crippen LogP) is 4.09. The molecule has 1 N–H and O–H groups in total. The summed E-state index contributed by atoms with van der Waals surface area (Å²) in [5.74, 6) is 0.124. The summed E-state index contributed by atoms with van der Waals surface area (Å²) in [5.41, 5.74) is 4.27. The van der Waals surface area contributed by atoms with Crippen molar-refractivity contribution in [1.29, 1.82) is 0 Å². The van der Waals surface area contributed by atoms with Crippen LogP contribution in [0.4, 0.5) is 0 Å². The van der Waals surface area contributed by atoms with E-state index in [1.165, 1.54) is 11.1 Å². The number of carbonyl (C=O) groups excluding carboxylic acids is 1. The first kappa shape index (κ1) is 17.1. The van der Waals surface area contributed by atoms with Crippen LogP contribution in [0.25, 0.3) is 10.9 Å². The number of rotatable bonds is 3. The lowest BCUT2D eigenvalue weighted by molar-refractivity contribution is 0.0628. The number of nitrogens with zero attached hydrogens (tertiary/aromatic N) is 2. The van der Waals surface area contributed by atoms with Gasteiger partial charge < -0.3 is 9.88 Å². The number of carbonyl (C=O) groups is 1. The Labute approximate surface area is 158 Å². The van der Waals surface area contributed by atoms with Crippen molar-refractivity contribution in [2.75, 3.05) is 26.2 Å². The number of hydrogen-bond acceptors (Lipinski definition) is 2. The molecule has 0 radical (unpaired) electrons. The molecule has 0 aliphatic carbocycles. The molecule has 4 nitrogen and oxygen atoms in total. The standard InChI is InChI=1S/C21H22ClN3O/c1-15-13-23-20-7-4-17(12-19(15)20)21(26)25-10-8-24(9-11-25)14-16-2-5-18(22)6-3-16/h2-7,12-13,23H,8-11,14H2,1H3. The molecule has 4 rings (SSSR count). The lowest BCUT2D eigenvalue weighted by atomic mass is 10.1. The van der Waals surface area contributed by atoms with Gasteiger partial charge in [0.15, 0.2) is 0 Å². The molecule has 0 unspecified atom stereocenters. The number of H-pyrrole nitrogens is 1. The Bertz CT molecular complexity index is 924. The van der Waals surface area contributed by atoms with E-state index in [2.05, 4.69) is 28.9 Å². The van der Waals surface area contributed by atoms with Gasteiger partial charge in [-0.15, -0.1) is 0 Å². The van der Waals surface area contributed by atoms with Crippen molar-refractivity contribution < 1.29 is 4.79 Å². The van der Waals surface area contributed by atoms with Crippen LogP contribution in [-0.4, -0.2) is 46.9 Å². The summed E-state index contributed by atoms with van der Waals surface area (Å²) >= 11 is 5.95. The molecular weight excluding hydrogens is 346 g/mol. The Balaban J connectivity index is 1.39. The predicted molar refractivity (Wildman–Crippen MR) is 106 cm³/mol. The number of aromatic nitrogens is 1. The van der Waals surface area contributed by atoms with Crippen LogP contribution in [0.2, 0.25) is 5.02 Å². The van der Waals surface area contributed by atoms with Crippen LogP contribution in [-0.2, 0) is 6.54 Å². The SMILES string of the molecule is Cc1c[nH]c2ccc(C(=O)N3CCN(Cc4ccc(Cl)cc4)CC3)cc12. The number of fused-ring (bicyclic) bond motifs is 1. The summed E-state index contributed by atoms with van der Waals surface area (Å²) in [4.78, 5) is 20.4. The Kier molecular flexibility index (Phi) is 4.70. The molecule has 0 saturated carbocycles. The molecule has 1 aliphatic heterocycles. The minimum absolute atomic E-state index is 0.124. The van der Waals surface area contributed by atoms with Crippen molar-refractivity contribution in [3.05, 3.63) is 70.4 Å². The topological polar surface area (TPSA) is 39.3 Å². The first-order chi connectivity index (χ1) is 12.6. The van der Waals surface area contributed by atoms with E-state index < -0.39 is 0 Å². The summed E-state index contributed by atoms with van der Waals surface area (Å²) in [6.45, 7) is 6.25. The molecule has 0 bridgehead atoms. The third-order valence-corrected chi connectivity index (χ3v) is 5.37. The number of aromatic amines is 1. The van der Waals surface area contributed by atoms with Gasteiger partial charge in [0.25, 0.3) is 5.91 Å². The van der Waals surface area contributed by atoms with Crippen LogP contribution in [0.1, 0.15) is 21.5 Å². The number of nitrogens with one attached hydrogen (secondary N) is 1. The summed E-state index contributed by atoms with van der Waals surface area (Å²) in [6.07, 6.45) is 1.98. The van der Waals surface area contributed by atoms with Crippen molar-refractivity contribution >= 4 is 28.4 Å². The maximum absolute atomic E-state index is 12.9. The van der Waals surface area contributed by atoms with E-state index in [9.17, 15) is 4.79 Å². The van der Waals surface area contributed by atoms with Crippen LogP contribution >= 0.6 is 11.6 Å². The second-order valence-corrected chi connectivity index (χ2v) is 7.36. The van der Waals surface area contributed by atoms with Crippen LogP contribution < -0.4 is 0 Å². The van der Waals surface area contributed by atoms with Gasteiger partial charge >= 0.3 is 0 Å². The molecule has 5 heteroatoms. The highest BCUT2D eigenvalue weighted by atomic mass is 35.5. The largest absolute Gasteiger partial charge is 0.361 e. The second-order valence-electron chi connectivity index (χ2n) is 6.93. The maximum atomic E-state index is 12.9. The summed E-state index contributed by atoms with van der Waals surface area (Å²) < 4.78 is 0. The van der Waals surface area contributed by atoms with Crippen molar-refractivity contribution in [3.8, 4) is 0 Å². The van der Waals surface area contributed by atoms with E-state index in [1.54, 1.807) is 0 Å². The van der Waals surface area contributed by atoms with Crippen LogP contribution in [0.5, 0.6) is 0 Å². The fraction of sp³-hybridized carbons (Fsp3) is 0.286. The highest BCUT2D eigenvalue weighted by Crippen LogP contribution is 2.20. The third kappa shape index (κ3) is 3.48. The van der Waals surface area contributed by atoms with Crippen molar-refractivity contribution in [2.24, 2.45) is 0 Å². The Morgan fingerprint density at radius 3 is 2.54 bits per heavy atom. The zero-order valence-electron chi connectivity index (χ0n) is 14.8. The molecule has 1 amide bonds. The molecule has 26 heavy (non-hydrogen) atoms. The van der Waals surface area contributed by atoms with E-state index in [-0.39, 0.29) is 5.91 Å². The number of aryl methyl sites for hydroxylation is 1.